The second kappa shape index (κ2) is 9.56. The van der Waals surface area contributed by atoms with Gasteiger partial charge in [0.25, 0.3) is 5.91 Å². The zero-order valence-corrected chi connectivity index (χ0v) is 18.7. The van der Waals surface area contributed by atoms with Crippen molar-refractivity contribution in [2.24, 2.45) is 0 Å². The number of hydrogen-bond donors (Lipinski definition) is 3. The number of amides is 1. The summed E-state index contributed by atoms with van der Waals surface area (Å²) < 4.78 is 31.4. The molecule has 1 unspecified atom stereocenters. The number of nitrogens with one attached hydrogen (secondary N) is 3. The third-order valence-electron chi connectivity index (χ3n) is 5.98. The first-order valence-electron chi connectivity index (χ1n) is 11.1. The van der Waals surface area contributed by atoms with Crippen LogP contribution in [-0.2, 0) is 4.74 Å². The average molecular weight is 464 g/mol. The van der Waals surface area contributed by atoms with E-state index in [0.717, 1.165) is 17.7 Å². The van der Waals surface area contributed by atoms with Crippen LogP contribution < -0.4 is 20.1 Å². The van der Waals surface area contributed by atoms with E-state index in [-0.39, 0.29) is 17.6 Å². The fraction of sp³-hybridized carbons (Fsp3) is 0.280. The lowest BCUT2D eigenvalue weighted by molar-refractivity contribution is 0.0932. The van der Waals surface area contributed by atoms with Crippen LogP contribution in [0.5, 0.6) is 11.5 Å². The molecular formula is C25H25FN4O4. The number of pyridine rings is 1. The van der Waals surface area contributed by atoms with E-state index in [4.69, 9.17) is 14.2 Å². The normalized spacial score (nSPS) is 18.6. The summed E-state index contributed by atoms with van der Waals surface area (Å²) in [6.07, 6.45) is 7.84. The maximum Gasteiger partial charge on any atom is 0.255 e. The molecule has 0 radical (unpaired) electrons. The van der Waals surface area contributed by atoms with Gasteiger partial charge in [0, 0.05) is 36.5 Å². The molecule has 8 nitrogen and oxygen atoms in total. The number of benzene rings is 1. The Kier molecular flexibility index (Phi) is 6.18. The predicted molar refractivity (Wildman–Crippen MR) is 125 cm³/mol. The number of aromatic amines is 1. The van der Waals surface area contributed by atoms with Gasteiger partial charge in [0.1, 0.15) is 12.4 Å². The smallest absolute Gasteiger partial charge is 0.255 e. The van der Waals surface area contributed by atoms with Crippen LogP contribution in [0.3, 0.4) is 0 Å². The lowest BCUT2D eigenvalue weighted by Gasteiger charge is -2.23. The van der Waals surface area contributed by atoms with E-state index in [0.29, 0.717) is 54.7 Å². The van der Waals surface area contributed by atoms with Crippen molar-refractivity contribution in [1.29, 1.82) is 0 Å². The molecule has 1 amide bonds. The average Bonchev–Trinajstić information content (AvgIpc) is 3.22. The number of aromatic nitrogens is 2. The number of carbonyl (C=O) groups excluding carboxylic acids is 1. The van der Waals surface area contributed by atoms with Gasteiger partial charge in [-0.1, -0.05) is 12.1 Å². The Morgan fingerprint density at radius 2 is 2.12 bits per heavy atom. The molecule has 0 saturated heterocycles. The zero-order valence-electron chi connectivity index (χ0n) is 18.7. The number of H-pyrrole nitrogens is 1. The highest BCUT2D eigenvalue weighted by Crippen LogP contribution is 2.44. The molecule has 0 spiro atoms. The molecule has 0 saturated carbocycles. The van der Waals surface area contributed by atoms with Crippen molar-refractivity contribution in [3.05, 3.63) is 65.9 Å². The zero-order chi connectivity index (χ0) is 23.5. The summed E-state index contributed by atoms with van der Waals surface area (Å²) in [7, 11) is 1.41. The number of ether oxygens (including phenoxy) is 3. The number of fused-ring (bicyclic) bond motifs is 3. The molecule has 3 aromatic rings. The van der Waals surface area contributed by atoms with E-state index >= 15 is 0 Å². The van der Waals surface area contributed by atoms with E-state index < -0.39 is 5.82 Å². The highest BCUT2D eigenvalue weighted by Gasteiger charge is 2.33. The molecule has 34 heavy (non-hydrogen) atoms. The summed E-state index contributed by atoms with van der Waals surface area (Å²) in [5.74, 6) is -0.0812. The van der Waals surface area contributed by atoms with Crippen molar-refractivity contribution in [2.75, 3.05) is 38.8 Å². The number of para-hydroxylation sites is 1. The molecule has 0 fully saturated rings. The fourth-order valence-corrected chi connectivity index (χ4v) is 4.34. The number of halogens is 1. The molecule has 2 bridgehead atoms. The molecule has 0 aliphatic carbocycles. The molecule has 2 aromatic heterocycles. The van der Waals surface area contributed by atoms with Crippen LogP contribution in [0.2, 0.25) is 0 Å². The number of hydrogen-bond acceptors (Lipinski definition) is 6. The van der Waals surface area contributed by atoms with Crippen LogP contribution in [0.4, 0.5) is 15.8 Å². The molecule has 5 rings (SSSR count). The SMILES string of the molecule is COc1c(F)cccc1Nc1c2[nH]c3c1C(=O)NCC3CCOC/C=C/COc1cnccc1-2. The van der Waals surface area contributed by atoms with Crippen LogP contribution in [0.15, 0.2) is 48.8 Å². The minimum absolute atomic E-state index is 0.0227. The molecule has 3 N–H and O–H groups in total. The fourth-order valence-electron chi connectivity index (χ4n) is 4.34. The predicted octanol–water partition coefficient (Wildman–Crippen LogP) is 4.15. The molecule has 2 aliphatic heterocycles. The van der Waals surface area contributed by atoms with Crippen LogP contribution in [0.1, 0.15) is 28.4 Å². The number of anilines is 2. The second-order valence-electron chi connectivity index (χ2n) is 8.03. The van der Waals surface area contributed by atoms with Gasteiger partial charge in [-0.05, 0) is 30.7 Å². The van der Waals surface area contributed by atoms with Gasteiger partial charge >= 0.3 is 0 Å². The molecule has 9 heteroatoms. The lowest BCUT2D eigenvalue weighted by Crippen LogP contribution is -2.35. The number of methoxy groups -OCH3 is 1. The van der Waals surface area contributed by atoms with Gasteiger partial charge < -0.3 is 29.8 Å². The first-order valence-corrected chi connectivity index (χ1v) is 11.1. The molecule has 2 aliphatic rings. The Morgan fingerprint density at radius 1 is 1.24 bits per heavy atom. The third kappa shape index (κ3) is 4.10. The van der Waals surface area contributed by atoms with E-state index in [1.165, 1.54) is 13.2 Å². The molecule has 1 aromatic carbocycles. The molecule has 1 atom stereocenters. The van der Waals surface area contributed by atoms with Crippen molar-refractivity contribution >= 4 is 17.3 Å². The van der Waals surface area contributed by atoms with Gasteiger partial charge in [-0.15, -0.1) is 0 Å². The summed E-state index contributed by atoms with van der Waals surface area (Å²) in [4.78, 5) is 20.8. The Hall–Kier alpha value is -3.85. The number of carbonyl (C=O) groups is 1. The minimum Gasteiger partial charge on any atom is -0.492 e. The van der Waals surface area contributed by atoms with Crippen molar-refractivity contribution < 1.29 is 23.4 Å². The van der Waals surface area contributed by atoms with Gasteiger partial charge in [0.15, 0.2) is 11.6 Å². The molecular weight excluding hydrogens is 439 g/mol. The van der Waals surface area contributed by atoms with Crippen LogP contribution in [0, 0.1) is 5.82 Å². The number of nitrogens with zero attached hydrogens (tertiary/aromatic N) is 1. The van der Waals surface area contributed by atoms with Crippen molar-refractivity contribution in [3.63, 3.8) is 0 Å². The summed E-state index contributed by atoms with van der Waals surface area (Å²) in [5, 5.41) is 6.25. The summed E-state index contributed by atoms with van der Waals surface area (Å²) >= 11 is 0. The van der Waals surface area contributed by atoms with Crippen LogP contribution >= 0.6 is 0 Å². The van der Waals surface area contributed by atoms with Crippen LogP contribution in [0.25, 0.3) is 11.3 Å². The van der Waals surface area contributed by atoms with Crippen molar-refractivity contribution in [1.82, 2.24) is 15.3 Å². The molecule has 176 valence electrons. The van der Waals surface area contributed by atoms with E-state index in [2.05, 4.69) is 20.6 Å². The van der Waals surface area contributed by atoms with Crippen molar-refractivity contribution in [3.8, 4) is 22.8 Å². The van der Waals surface area contributed by atoms with E-state index in [1.54, 1.807) is 24.5 Å². The maximum atomic E-state index is 14.4. The van der Waals surface area contributed by atoms with Gasteiger partial charge in [0.05, 0.1) is 42.5 Å². The highest BCUT2D eigenvalue weighted by atomic mass is 19.1. The Balaban J connectivity index is 1.70. The summed E-state index contributed by atoms with van der Waals surface area (Å²) in [6, 6.07) is 6.44. The van der Waals surface area contributed by atoms with Crippen LogP contribution in [-0.4, -0.2) is 49.4 Å². The maximum absolute atomic E-state index is 14.4. The van der Waals surface area contributed by atoms with Gasteiger partial charge in [0.2, 0.25) is 0 Å². The van der Waals surface area contributed by atoms with Gasteiger partial charge in [-0.3, -0.25) is 9.78 Å². The van der Waals surface area contributed by atoms with Gasteiger partial charge in [-0.2, -0.15) is 0 Å². The lowest BCUT2D eigenvalue weighted by atomic mass is 9.93. The van der Waals surface area contributed by atoms with Gasteiger partial charge in [-0.25, -0.2) is 4.39 Å². The Morgan fingerprint density at radius 3 is 3.00 bits per heavy atom. The molecule has 4 heterocycles. The quantitative estimate of drug-likeness (QED) is 0.504. The monoisotopic (exact) mass is 464 g/mol. The first-order chi connectivity index (χ1) is 16.7. The second-order valence-corrected chi connectivity index (χ2v) is 8.03. The number of rotatable bonds is 3. The summed E-state index contributed by atoms with van der Waals surface area (Å²) in [5.41, 5.74) is 3.59. The van der Waals surface area contributed by atoms with E-state index in [1.807, 2.05) is 18.2 Å². The minimum atomic E-state index is -0.504. The third-order valence-corrected chi connectivity index (χ3v) is 5.98. The summed E-state index contributed by atoms with van der Waals surface area (Å²) in [6.45, 7) is 1.86. The first kappa shape index (κ1) is 22.0. The highest BCUT2D eigenvalue weighted by molar-refractivity contribution is 6.07. The van der Waals surface area contributed by atoms with Crippen molar-refractivity contribution in [2.45, 2.75) is 12.3 Å². The largest absolute Gasteiger partial charge is 0.492 e. The standard InChI is InChI=1S/C25H25FN4O4/c1-32-24-17(26)5-4-6-18(24)29-23-20-21-15(13-28-25(20)31)8-12-33-10-2-3-11-34-19-14-27-9-7-16(19)22(23)30-21/h2-7,9,14-15,29-30H,8,10-13H2,1H3,(H,28,31)/b3-2+. The van der Waals surface area contributed by atoms with E-state index in [9.17, 15) is 9.18 Å². The Bertz CT molecular complexity index is 1240. The topological polar surface area (TPSA) is 97.5 Å². The Labute approximate surface area is 196 Å².